The second-order valence-electron chi connectivity index (χ2n) is 4.44. The fourth-order valence-electron chi connectivity index (χ4n) is 2.08. The van der Waals surface area contributed by atoms with E-state index >= 15 is 0 Å². The van der Waals surface area contributed by atoms with Crippen LogP contribution >= 0.6 is 15.9 Å². The molecule has 0 unspecified atom stereocenters. The van der Waals surface area contributed by atoms with Crippen molar-refractivity contribution in [3.05, 3.63) is 62.5 Å². The van der Waals surface area contributed by atoms with Gasteiger partial charge >= 0.3 is 5.69 Å². The van der Waals surface area contributed by atoms with Crippen molar-refractivity contribution in [1.29, 1.82) is 0 Å². The van der Waals surface area contributed by atoms with E-state index in [9.17, 15) is 9.59 Å². The Balaban J connectivity index is 2.09. The summed E-state index contributed by atoms with van der Waals surface area (Å²) in [6.07, 6.45) is 0. The predicted molar refractivity (Wildman–Crippen MR) is 80.9 cm³/mol. The van der Waals surface area contributed by atoms with Gasteiger partial charge in [-0.25, -0.2) is 4.79 Å². The van der Waals surface area contributed by atoms with Gasteiger partial charge in [0, 0.05) is 21.3 Å². The maximum Gasteiger partial charge on any atom is 0.323 e. The molecular weight excluding hydrogens is 322 g/mol. The van der Waals surface area contributed by atoms with Crippen molar-refractivity contribution in [3.8, 4) is 0 Å². The van der Waals surface area contributed by atoms with Gasteiger partial charge in [-0.3, -0.25) is 4.79 Å². The van der Waals surface area contributed by atoms with Crippen LogP contribution in [0.25, 0.3) is 11.0 Å². The Labute approximate surface area is 121 Å². The maximum atomic E-state index is 12.4. The Bertz CT molecular complexity index is 859. The highest BCUT2D eigenvalue weighted by molar-refractivity contribution is 9.10. The number of rotatable bonds is 2. The summed E-state index contributed by atoms with van der Waals surface area (Å²) >= 11 is 3.31. The number of hydrogen-bond acceptors (Lipinski definition) is 3. The van der Waals surface area contributed by atoms with E-state index in [4.69, 9.17) is 5.73 Å². The minimum absolute atomic E-state index is 0.151. The Morgan fingerprint density at radius 3 is 2.50 bits per heavy atom. The van der Waals surface area contributed by atoms with Crippen molar-refractivity contribution in [3.63, 3.8) is 0 Å². The van der Waals surface area contributed by atoms with E-state index in [0.29, 0.717) is 27.8 Å². The third kappa shape index (κ3) is 2.25. The standard InChI is InChI=1S/C14H10BrN3O2/c15-9-3-8(4-10(16)6-9)13(19)7-1-2-11-12(5-7)18-14(20)17-11/h1-6H,16H2,(H2,17,18,20). The molecule has 0 saturated carbocycles. The van der Waals surface area contributed by atoms with E-state index in [2.05, 4.69) is 25.9 Å². The summed E-state index contributed by atoms with van der Waals surface area (Å²) in [5.41, 5.74) is 8.21. The van der Waals surface area contributed by atoms with E-state index in [1.54, 1.807) is 36.4 Å². The number of aromatic amines is 2. The molecule has 0 spiro atoms. The molecule has 0 aliphatic heterocycles. The molecule has 0 fully saturated rings. The summed E-state index contributed by atoms with van der Waals surface area (Å²) in [5.74, 6) is -0.151. The Morgan fingerprint density at radius 2 is 1.75 bits per heavy atom. The SMILES string of the molecule is Nc1cc(Br)cc(C(=O)c2ccc3[nH]c(=O)[nH]c3c2)c1. The number of ketones is 1. The van der Waals surface area contributed by atoms with Gasteiger partial charge in [-0.2, -0.15) is 0 Å². The smallest absolute Gasteiger partial charge is 0.323 e. The lowest BCUT2D eigenvalue weighted by molar-refractivity contribution is 0.103. The van der Waals surface area contributed by atoms with Crippen molar-refractivity contribution in [2.45, 2.75) is 0 Å². The number of nitrogen functional groups attached to an aromatic ring is 1. The highest BCUT2D eigenvalue weighted by atomic mass is 79.9. The zero-order chi connectivity index (χ0) is 14.3. The summed E-state index contributed by atoms with van der Waals surface area (Å²) < 4.78 is 0.747. The first-order valence-electron chi connectivity index (χ1n) is 5.86. The number of carbonyl (C=O) groups excluding carboxylic acids is 1. The fourth-order valence-corrected chi connectivity index (χ4v) is 2.59. The number of anilines is 1. The lowest BCUT2D eigenvalue weighted by Gasteiger charge is -2.04. The van der Waals surface area contributed by atoms with E-state index < -0.39 is 0 Å². The Kier molecular flexibility index (Phi) is 2.94. The van der Waals surface area contributed by atoms with Crippen LogP contribution in [-0.4, -0.2) is 15.8 Å². The van der Waals surface area contributed by atoms with Gasteiger partial charge in [-0.15, -0.1) is 0 Å². The van der Waals surface area contributed by atoms with Crippen LogP contribution in [-0.2, 0) is 0 Å². The number of benzene rings is 2. The number of fused-ring (bicyclic) bond motifs is 1. The van der Waals surface area contributed by atoms with E-state index in [0.717, 1.165) is 4.47 Å². The van der Waals surface area contributed by atoms with Crippen molar-refractivity contribution < 1.29 is 4.79 Å². The van der Waals surface area contributed by atoms with Crippen molar-refractivity contribution in [2.75, 3.05) is 5.73 Å². The van der Waals surface area contributed by atoms with Crippen molar-refractivity contribution in [2.24, 2.45) is 0 Å². The lowest BCUT2D eigenvalue weighted by Crippen LogP contribution is -2.02. The monoisotopic (exact) mass is 331 g/mol. The molecule has 5 nitrogen and oxygen atoms in total. The third-order valence-corrected chi connectivity index (χ3v) is 3.42. The van der Waals surface area contributed by atoms with Crippen molar-refractivity contribution in [1.82, 2.24) is 9.97 Å². The number of nitrogens with one attached hydrogen (secondary N) is 2. The molecule has 4 N–H and O–H groups in total. The summed E-state index contributed by atoms with van der Waals surface area (Å²) in [4.78, 5) is 28.9. The van der Waals surface area contributed by atoms with E-state index in [1.807, 2.05) is 0 Å². The van der Waals surface area contributed by atoms with Crippen LogP contribution in [0.5, 0.6) is 0 Å². The van der Waals surface area contributed by atoms with Gasteiger partial charge in [0.05, 0.1) is 11.0 Å². The number of aromatic nitrogens is 2. The van der Waals surface area contributed by atoms with Gasteiger partial charge in [0.1, 0.15) is 0 Å². The highest BCUT2D eigenvalue weighted by Crippen LogP contribution is 2.21. The second kappa shape index (κ2) is 4.64. The van der Waals surface area contributed by atoms with E-state index in [1.165, 1.54) is 0 Å². The Morgan fingerprint density at radius 1 is 1.00 bits per heavy atom. The molecule has 20 heavy (non-hydrogen) atoms. The molecule has 6 heteroatoms. The molecule has 0 atom stereocenters. The number of hydrogen-bond donors (Lipinski definition) is 3. The number of imidazole rings is 1. The minimum Gasteiger partial charge on any atom is -0.399 e. The van der Waals surface area contributed by atoms with Gasteiger partial charge in [0.2, 0.25) is 0 Å². The highest BCUT2D eigenvalue weighted by Gasteiger charge is 2.12. The molecule has 3 aromatic rings. The molecule has 0 amide bonds. The van der Waals surface area contributed by atoms with Gasteiger partial charge in [-0.05, 0) is 36.4 Å². The van der Waals surface area contributed by atoms with Crippen LogP contribution in [0.3, 0.4) is 0 Å². The number of halogens is 1. The number of H-pyrrole nitrogens is 2. The van der Waals surface area contributed by atoms with Crippen LogP contribution in [0.1, 0.15) is 15.9 Å². The molecule has 1 heterocycles. The summed E-state index contributed by atoms with van der Waals surface area (Å²) in [6.45, 7) is 0. The molecule has 2 aromatic carbocycles. The molecule has 1 aromatic heterocycles. The Hall–Kier alpha value is -2.34. The third-order valence-electron chi connectivity index (χ3n) is 2.96. The molecule has 0 aliphatic carbocycles. The maximum absolute atomic E-state index is 12.4. The zero-order valence-electron chi connectivity index (χ0n) is 10.2. The molecule has 0 bridgehead atoms. The van der Waals surface area contributed by atoms with Gasteiger partial charge in [0.25, 0.3) is 0 Å². The molecule has 0 radical (unpaired) electrons. The van der Waals surface area contributed by atoms with Crippen molar-refractivity contribution >= 4 is 38.4 Å². The molecule has 3 rings (SSSR count). The first kappa shape index (κ1) is 12.7. The average Bonchev–Trinajstić information content (AvgIpc) is 2.75. The summed E-state index contributed by atoms with van der Waals surface area (Å²) in [6, 6.07) is 10.1. The first-order valence-corrected chi connectivity index (χ1v) is 6.65. The van der Waals surface area contributed by atoms with Crippen LogP contribution in [0.15, 0.2) is 45.7 Å². The molecule has 0 saturated heterocycles. The largest absolute Gasteiger partial charge is 0.399 e. The van der Waals surface area contributed by atoms with Crippen LogP contribution in [0, 0.1) is 0 Å². The topological polar surface area (TPSA) is 91.7 Å². The van der Waals surface area contributed by atoms with Gasteiger partial charge in [0.15, 0.2) is 5.78 Å². The summed E-state index contributed by atoms with van der Waals surface area (Å²) in [5, 5.41) is 0. The average molecular weight is 332 g/mol. The zero-order valence-corrected chi connectivity index (χ0v) is 11.8. The van der Waals surface area contributed by atoms with Crippen LogP contribution < -0.4 is 11.4 Å². The number of nitrogens with two attached hydrogens (primary N) is 1. The first-order chi connectivity index (χ1) is 9.52. The second-order valence-corrected chi connectivity index (χ2v) is 5.36. The summed E-state index contributed by atoms with van der Waals surface area (Å²) in [7, 11) is 0. The van der Waals surface area contributed by atoms with Crippen LogP contribution in [0.4, 0.5) is 5.69 Å². The lowest BCUT2D eigenvalue weighted by atomic mass is 10.0. The van der Waals surface area contributed by atoms with Gasteiger partial charge in [-0.1, -0.05) is 15.9 Å². The molecule has 0 aliphatic rings. The molecule has 100 valence electrons. The molecular formula is C14H10BrN3O2. The number of carbonyl (C=O) groups is 1. The van der Waals surface area contributed by atoms with Gasteiger partial charge < -0.3 is 15.7 Å². The predicted octanol–water partition coefficient (Wildman–Crippen LogP) is 2.43. The quantitative estimate of drug-likeness (QED) is 0.497. The van der Waals surface area contributed by atoms with E-state index in [-0.39, 0.29) is 11.5 Å². The normalized spacial score (nSPS) is 10.8. The van der Waals surface area contributed by atoms with Crippen LogP contribution in [0.2, 0.25) is 0 Å². The minimum atomic E-state index is -0.295. The fraction of sp³-hybridized carbons (Fsp3) is 0.